The minimum atomic E-state index is 1.16. The van der Waals surface area contributed by atoms with Crippen LogP contribution in [0.15, 0.2) is 0 Å². The highest BCUT2D eigenvalue weighted by Gasteiger charge is 1.88. The predicted octanol–water partition coefficient (Wildman–Crippen LogP) is 2.94. The predicted molar refractivity (Wildman–Crippen MR) is 55.4 cm³/mol. The highest BCUT2D eigenvalue weighted by atomic mass is 79.9. The summed E-state index contributed by atoms with van der Waals surface area (Å²) in [5.41, 5.74) is 0. The van der Waals surface area contributed by atoms with E-state index in [1.165, 1.54) is 45.2 Å². The Kier molecular flexibility index (Phi) is 10.9. The van der Waals surface area contributed by atoms with Crippen LogP contribution in [-0.4, -0.2) is 18.4 Å². The highest BCUT2D eigenvalue weighted by molar-refractivity contribution is 9.09. The molecule has 0 saturated carbocycles. The van der Waals surface area contributed by atoms with E-state index in [1.54, 1.807) is 0 Å². The molecule has 68 valence electrons. The zero-order valence-corrected chi connectivity index (χ0v) is 9.12. The molecule has 1 nitrogen and oxygen atoms in total. The topological polar surface area (TPSA) is 12.0 Å². The van der Waals surface area contributed by atoms with Gasteiger partial charge in [-0.1, -0.05) is 35.7 Å². The second-order valence-electron chi connectivity index (χ2n) is 2.85. The fourth-order valence-electron chi connectivity index (χ4n) is 1.000. The van der Waals surface area contributed by atoms with Gasteiger partial charge in [-0.05, 0) is 32.4 Å². The first-order valence-corrected chi connectivity index (χ1v) is 5.80. The third-order valence-electron chi connectivity index (χ3n) is 1.66. The average Bonchev–Trinajstić information content (AvgIpc) is 2.03. The Morgan fingerprint density at radius 3 is 2.36 bits per heavy atom. The quantitative estimate of drug-likeness (QED) is 0.491. The van der Waals surface area contributed by atoms with Gasteiger partial charge in [-0.2, -0.15) is 0 Å². The number of hydrogen-bond acceptors (Lipinski definition) is 1. The summed E-state index contributed by atoms with van der Waals surface area (Å²) in [6.45, 7) is 4.59. The second-order valence-corrected chi connectivity index (χ2v) is 3.65. The molecular formula is C9H20BrN. The summed E-state index contributed by atoms with van der Waals surface area (Å²) >= 11 is 3.43. The molecule has 0 rings (SSSR count). The van der Waals surface area contributed by atoms with E-state index in [0.29, 0.717) is 0 Å². The van der Waals surface area contributed by atoms with Crippen molar-refractivity contribution in [3.8, 4) is 0 Å². The number of alkyl halides is 1. The molecule has 2 heteroatoms. The number of halogens is 1. The molecule has 0 spiro atoms. The van der Waals surface area contributed by atoms with Crippen molar-refractivity contribution in [2.45, 2.75) is 39.0 Å². The lowest BCUT2D eigenvalue weighted by Crippen LogP contribution is -2.15. The molecular weight excluding hydrogens is 202 g/mol. The van der Waals surface area contributed by atoms with E-state index in [0.717, 1.165) is 5.33 Å². The molecule has 1 N–H and O–H groups in total. The van der Waals surface area contributed by atoms with Crippen molar-refractivity contribution in [3.05, 3.63) is 0 Å². The molecule has 0 aliphatic heterocycles. The molecule has 0 heterocycles. The number of rotatable bonds is 8. The van der Waals surface area contributed by atoms with Crippen molar-refractivity contribution in [3.63, 3.8) is 0 Å². The van der Waals surface area contributed by atoms with Crippen LogP contribution in [0.3, 0.4) is 0 Å². The molecule has 0 aromatic heterocycles. The minimum absolute atomic E-state index is 1.16. The molecule has 0 aliphatic rings. The fourth-order valence-corrected chi connectivity index (χ4v) is 1.40. The monoisotopic (exact) mass is 221 g/mol. The van der Waals surface area contributed by atoms with E-state index in [9.17, 15) is 0 Å². The van der Waals surface area contributed by atoms with Crippen LogP contribution in [0.1, 0.15) is 39.0 Å². The molecule has 0 atom stereocenters. The lowest BCUT2D eigenvalue weighted by molar-refractivity contribution is 0.596. The van der Waals surface area contributed by atoms with E-state index in [4.69, 9.17) is 0 Å². The van der Waals surface area contributed by atoms with Crippen molar-refractivity contribution >= 4 is 15.9 Å². The zero-order valence-electron chi connectivity index (χ0n) is 7.53. The van der Waals surface area contributed by atoms with Gasteiger partial charge < -0.3 is 5.32 Å². The SMILES string of the molecule is CCCNCCCCCCBr. The van der Waals surface area contributed by atoms with Crippen molar-refractivity contribution in [1.29, 1.82) is 0 Å². The van der Waals surface area contributed by atoms with Gasteiger partial charge in [-0.3, -0.25) is 0 Å². The summed E-state index contributed by atoms with van der Waals surface area (Å²) in [7, 11) is 0. The summed E-state index contributed by atoms with van der Waals surface area (Å²) in [5.74, 6) is 0. The number of hydrogen-bond donors (Lipinski definition) is 1. The van der Waals surface area contributed by atoms with Crippen molar-refractivity contribution in [1.82, 2.24) is 5.32 Å². The maximum absolute atomic E-state index is 3.43. The Hall–Kier alpha value is 0.440. The van der Waals surface area contributed by atoms with Gasteiger partial charge in [0.25, 0.3) is 0 Å². The van der Waals surface area contributed by atoms with E-state index in [2.05, 4.69) is 28.2 Å². The van der Waals surface area contributed by atoms with Gasteiger partial charge in [0.05, 0.1) is 0 Å². The van der Waals surface area contributed by atoms with E-state index in [1.807, 2.05) is 0 Å². The lowest BCUT2D eigenvalue weighted by Gasteiger charge is -2.01. The van der Waals surface area contributed by atoms with Gasteiger partial charge in [-0.15, -0.1) is 0 Å². The Bertz CT molecular complexity index is 58.6. The van der Waals surface area contributed by atoms with Crippen molar-refractivity contribution in [2.75, 3.05) is 18.4 Å². The van der Waals surface area contributed by atoms with Crippen molar-refractivity contribution in [2.24, 2.45) is 0 Å². The molecule has 0 amide bonds. The third kappa shape index (κ3) is 10.4. The Balaban J connectivity index is 2.69. The summed E-state index contributed by atoms with van der Waals surface area (Å²) in [6, 6.07) is 0. The number of unbranched alkanes of at least 4 members (excludes halogenated alkanes) is 3. The fraction of sp³-hybridized carbons (Fsp3) is 1.00. The maximum Gasteiger partial charge on any atom is 0.00313 e. The standard InChI is InChI=1S/C9H20BrN/c1-2-8-11-9-6-4-3-5-7-10/h11H,2-9H2,1H3. The third-order valence-corrected chi connectivity index (χ3v) is 2.22. The van der Waals surface area contributed by atoms with E-state index < -0.39 is 0 Å². The summed E-state index contributed by atoms with van der Waals surface area (Å²) in [4.78, 5) is 0. The highest BCUT2D eigenvalue weighted by Crippen LogP contribution is 2.00. The Morgan fingerprint density at radius 1 is 1.00 bits per heavy atom. The average molecular weight is 222 g/mol. The number of nitrogens with one attached hydrogen (secondary N) is 1. The van der Waals surface area contributed by atoms with Crippen LogP contribution in [0, 0.1) is 0 Å². The maximum atomic E-state index is 3.43. The molecule has 11 heavy (non-hydrogen) atoms. The van der Waals surface area contributed by atoms with Gasteiger partial charge >= 0.3 is 0 Å². The molecule has 0 aliphatic carbocycles. The van der Waals surface area contributed by atoms with Gasteiger partial charge in [0.1, 0.15) is 0 Å². The van der Waals surface area contributed by atoms with Crippen LogP contribution >= 0.6 is 15.9 Å². The Morgan fingerprint density at radius 2 is 1.73 bits per heavy atom. The van der Waals surface area contributed by atoms with Gasteiger partial charge in [0.2, 0.25) is 0 Å². The smallest absolute Gasteiger partial charge is 0.00313 e. The molecule has 0 unspecified atom stereocenters. The van der Waals surface area contributed by atoms with E-state index in [-0.39, 0.29) is 0 Å². The zero-order chi connectivity index (χ0) is 8.36. The largest absolute Gasteiger partial charge is 0.317 e. The van der Waals surface area contributed by atoms with Crippen LogP contribution in [0.2, 0.25) is 0 Å². The molecule has 0 aromatic rings. The first kappa shape index (κ1) is 11.4. The van der Waals surface area contributed by atoms with Gasteiger partial charge in [0.15, 0.2) is 0 Å². The first-order valence-electron chi connectivity index (χ1n) is 4.68. The summed E-state index contributed by atoms with van der Waals surface area (Å²) in [6.07, 6.45) is 6.67. The molecule has 0 fully saturated rings. The van der Waals surface area contributed by atoms with Crippen LogP contribution in [0.4, 0.5) is 0 Å². The van der Waals surface area contributed by atoms with Crippen LogP contribution < -0.4 is 5.32 Å². The van der Waals surface area contributed by atoms with Crippen molar-refractivity contribution < 1.29 is 0 Å². The second kappa shape index (κ2) is 10.4. The van der Waals surface area contributed by atoms with Crippen LogP contribution in [-0.2, 0) is 0 Å². The Labute approximate surface area is 79.1 Å². The molecule has 0 radical (unpaired) electrons. The summed E-state index contributed by atoms with van der Waals surface area (Å²) in [5, 5.41) is 4.56. The van der Waals surface area contributed by atoms with Crippen LogP contribution in [0.25, 0.3) is 0 Å². The van der Waals surface area contributed by atoms with Gasteiger partial charge in [-0.25, -0.2) is 0 Å². The lowest BCUT2D eigenvalue weighted by atomic mass is 10.2. The van der Waals surface area contributed by atoms with E-state index >= 15 is 0 Å². The normalized spacial score (nSPS) is 10.4. The minimum Gasteiger partial charge on any atom is -0.317 e. The van der Waals surface area contributed by atoms with Crippen LogP contribution in [0.5, 0.6) is 0 Å². The molecule has 0 saturated heterocycles. The molecule has 0 bridgehead atoms. The first-order chi connectivity index (χ1) is 5.41. The summed E-state index contributed by atoms with van der Waals surface area (Å²) < 4.78 is 0. The molecule has 0 aromatic carbocycles. The van der Waals surface area contributed by atoms with Gasteiger partial charge in [0, 0.05) is 5.33 Å².